The lowest BCUT2D eigenvalue weighted by Crippen LogP contribution is -2.36. The summed E-state index contributed by atoms with van der Waals surface area (Å²) in [5.74, 6) is -1.18. The molecule has 3 aromatic rings. The molecule has 1 aliphatic rings. The average Bonchev–Trinajstić information content (AvgIpc) is 3.43. The van der Waals surface area contributed by atoms with Crippen molar-refractivity contribution in [3.63, 3.8) is 0 Å². The summed E-state index contributed by atoms with van der Waals surface area (Å²) in [6.45, 7) is 3.18. The predicted molar refractivity (Wildman–Crippen MR) is 125 cm³/mol. The predicted octanol–water partition coefficient (Wildman–Crippen LogP) is 3.09. The lowest BCUT2D eigenvalue weighted by Gasteiger charge is -2.28. The number of furan rings is 1. The molecule has 9 heteroatoms. The zero-order valence-electron chi connectivity index (χ0n) is 18.7. The third kappa shape index (κ3) is 5.62. The van der Waals surface area contributed by atoms with E-state index in [-0.39, 0.29) is 23.9 Å². The summed E-state index contributed by atoms with van der Waals surface area (Å²) in [5, 5.41) is 5.58. The lowest BCUT2D eigenvalue weighted by molar-refractivity contribution is 0.0600. The summed E-state index contributed by atoms with van der Waals surface area (Å²) < 4.78 is 15.1. The van der Waals surface area contributed by atoms with Crippen molar-refractivity contribution in [1.82, 2.24) is 5.32 Å². The Morgan fingerprint density at radius 1 is 0.941 bits per heavy atom. The number of carbonyl (C=O) groups is 3. The van der Waals surface area contributed by atoms with Crippen LogP contribution in [0.25, 0.3) is 0 Å². The molecule has 0 radical (unpaired) electrons. The second-order valence-corrected chi connectivity index (χ2v) is 7.71. The van der Waals surface area contributed by atoms with E-state index >= 15 is 0 Å². The van der Waals surface area contributed by atoms with Gasteiger partial charge in [0.05, 0.1) is 37.7 Å². The quantitative estimate of drug-likeness (QED) is 0.518. The first-order chi connectivity index (χ1) is 16.5. The number of amides is 2. The minimum atomic E-state index is -0.550. The van der Waals surface area contributed by atoms with E-state index in [0.717, 1.165) is 18.8 Å². The number of esters is 1. The van der Waals surface area contributed by atoms with Gasteiger partial charge >= 0.3 is 5.97 Å². The molecule has 1 aromatic heterocycles. The number of ether oxygens (including phenoxy) is 2. The SMILES string of the molecule is COC(=O)c1cc(CNC(=O)c2ccc(N3CCOCC3)cc2)cc(NC(=O)c2ccoc2)c1. The molecule has 1 fully saturated rings. The topological polar surface area (TPSA) is 110 Å². The summed E-state index contributed by atoms with van der Waals surface area (Å²) in [7, 11) is 1.28. The number of morpholine rings is 1. The number of hydrogen-bond donors (Lipinski definition) is 2. The van der Waals surface area contributed by atoms with Gasteiger partial charge < -0.3 is 29.4 Å². The van der Waals surface area contributed by atoms with Crippen LogP contribution in [0.4, 0.5) is 11.4 Å². The Morgan fingerprint density at radius 3 is 2.38 bits per heavy atom. The number of nitrogens with zero attached hydrogens (tertiary/aromatic N) is 1. The van der Waals surface area contributed by atoms with E-state index in [4.69, 9.17) is 13.9 Å². The molecular weight excluding hydrogens is 438 g/mol. The van der Waals surface area contributed by atoms with Gasteiger partial charge in [0.2, 0.25) is 0 Å². The molecule has 34 heavy (non-hydrogen) atoms. The number of benzene rings is 2. The van der Waals surface area contributed by atoms with Crippen LogP contribution in [0.15, 0.2) is 65.5 Å². The van der Waals surface area contributed by atoms with Crippen LogP contribution in [0.2, 0.25) is 0 Å². The molecule has 2 heterocycles. The summed E-state index contributed by atoms with van der Waals surface area (Å²) in [4.78, 5) is 39.4. The number of anilines is 2. The highest BCUT2D eigenvalue weighted by Crippen LogP contribution is 2.19. The lowest BCUT2D eigenvalue weighted by atomic mass is 10.1. The fourth-order valence-electron chi connectivity index (χ4n) is 3.63. The average molecular weight is 463 g/mol. The van der Waals surface area contributed by atoms with Crippen molar-refractivity contribution >= 4 is 29.2 Å². The van der Waals surface area contributed by atoms with Gasteiger partial charge in [-0.25, -0.2) is 4.79 Å². The van der Waals surface area contributed by atoms with Crippen molar-refractivity contribution in [2.24, 2.45) is 0 Å². The van der Waals surface area contributed by atoms with Crippen LogP contribution in [0.1, 0.15) is 36.6 Å². The standard InChI is InChI=1S/C25H25N3O6/c1-32-25(31)20-12-17(13-21(14-20)27-24(30)19-6-9-34-16-19)15-26-23(29)18-2-4-22(5-3-18)28-7-10-33-11-8-28/h2-6,9,12-14,16H,7-8,10-11,15H2,1H3,(H,26,29)(H,27,30). The molecule has 1 aliphatic heterocycles. The molecule has 0 bridgehead atoms. The maximum absolute atomic E-state index is 12.7. The van der Waals surface area contributed by atoms with E-state index in [9.17, 15) is 14.4 Å². The van der Waals surface area contributed by atoms with Gasteiger partial charge in [-0.15, -0.1) is 0 Å². The molecule has 0 aliphatic carbocycles. The van der Waals surface area contributed by atoms with Crippen LogP contribution in [0.3, 0.4) is 0 Å². The van der Waals surface area contributed by atoms with E-state index in [1.807, 2.05) is 12.1 Å². The minimum absolute atomic E-state index is 0.156. The van der Waals surface area contributed by atoms with Crippen LogP contribution in [-0.2, 0) is 16.0 Å². The van der Waals surface area contributed by atoms with E-state index in [1.54, 1.807) is 24.3 Å². The molecular formula is C25H25N3O6. The van der Waals surface area contributed by atoms with E-state index in [2.05, 4.69) is 15.5 Å². The summed E-state index contributed by atoms with van der Waals surface area (Å²) in [6, 6.07) is 13.7. The Balaban J connectivity index is 1.44. The van der Waals surface area contributed by atoms with Gasteiger partial charge in [-0.2, -0.15) is 0 Å². The molecule has 2 amide bonds. The Hall–Kier alpha value is -4.11. The summed E-state index contributed by atoms with van der Waals surface area (Å²) in [5.41, 5.74) is 3.20. The van der Waals surface area contributed by atoms with Crippen molar-refractivity contribution in [2.45, 2.75) is 6.54 Å². The first kappa shape index (κ1) is 23.1. The third-order valence-electron chi connectivity index (χ3n) is 5.41. The molecule has 0 saturated carbocycles. The highest BCUT2D eigenvalue weighted by atomic mass is 16.5. The fourth-order valence-corrected chi connectivity index (χ4v) is 3.63. The molecule has 2 N–H and O–H groups in total. The molecule has 9 nitrogen and oxygen atoms in total. The van der Waals surface area contributed by atoms with Crippen molar-refractivity contribution in [1.29, 1.82) is 0 Å². The normalized spacial score (nSPS) is 13.3. The van der Waals surface area contributed by atoms with E-state index in [1.165, 1.54) is 31.8 Å². The van der Waals surface area contributed by atoms with Gasteiger partial charge in [0, 0.05) is 36.6 Å². The van der Waals surface area contributed by atoms with Gasteiger partial charge in [0.1, 0.15) is 6.26 Å². The number of rotatable bonds is 7. The van der Waals surface area contributed by atoms with Crippen molar-refractivity contribution < 1.29 is 28.3 Å². The summed E-state index contributed by atoms with van der Waals surface area (Å²) in [6.07, 6.45) is 2.72. The van der Waals surface area contributed by atoms with E-state index < -0.39 is 5.97 Å². The van der Waals surface area contributed by atoms with Gasteiger partial charge in [-0.1, -0.05) is 0 Å². The Morgan fingerprint density at radius 2 is 1.71 bits per heavy atom. The molecule has 0 spiro atoms. The van der Waals surface area contributed by atoms with Gasteiger partial charge in [0.25, 0.3) is 11.8 Å². The van der Waals surface area contributed by atoms with Gasteiger partial charge in [-0.05, 0) is 54.1 Å². The Bertz CT molecular complexity index is 1150. The van der Waals surface area contributed by atoms with Crippen LogP contribution < -0.4 is 15.5 Å². The molecule has 176 valence electrons. The minimum Gasteiger partial charge on any atom is -0.472 e. The highest BCUT2D eigenvalue weighted by Gasteiger charge is 2.15. The maximum atomic E-state index is 12.7. The van der Waals surface area contributed by atoms with Crippen molar-refractivity contribution in [3.05, 3.63) is 83.3 Å². The number of hydrogen-bond acceptors (Lipinski definition) is 7. The smallest absolute Gasteiger partial charge is 0.337 e. The number of nitrogens with one attached hydrogen (secondary N) is 2. The van der Waals surface area contributed by atoms with Crippen LogP contribution >= 0.6 is 0 Å². The van der Waals surface area contributed by atoms with Crippen molar-refractivity contribution in [3.8, 4) is 0 Å². The van der Waals surface area contributed by atoms with Gasteiger partial charge in [-0.3, -0.25) is 9.59 Å². The first-order valence-electron chi connectivity index (χ1n) is 10.8. The second-order valence-electron chi connectivity index (χ2n) is 7.71. The highest BCUT2D eigenvalue weighted by molar-refractivity contribution is 6.04. The molecule has 4 rings (SSSR count). The largest absolute Gasteiger partial charge is 0.472 e. The Kier molecular flexibility index (Phi) is 7.24. The zero-order valence-corrected chi connectivity index (χ0v) is 18.7. The molecule has 2 aromatic carbocycles. The second kappa shape index (κ2) is 10.7. The van der Waals surface area contributed by atoms with Gasteiger partial charge in [0.15, 0.2) is 0 Å². The third-order valence-corrected chi connectivity index (χ3v) is 5.41. The van der Waals surface area contributed by atoms with Crippen LogP contribution in [-0.4, -0.2) is 51.2 Å². The molecule has 1 saturated heterocycles. The Labute approximate surface area is 196 Å². The summed E-state index contributed by atoms with van der Waals surface area (Å²) >= 11 is 0. The van der Waals surface area contributed by atoms with E-state index in [0.29, 0.717) is 35.6 Å². The van der Waals surface area contributed by atoms with Crippen LogP contribution in [0, 0.1) is 0 Å². The number of methoxy groups -OCH3 is 1. The van der Waals surface area contributed by atoms with Crippen LogP contribution in [0.5, 0.6) is 0 Å². The van der Waals surface area contributed by atoms with Crippen molar-refractivity contribution in [2.75, 3.05) is 43.6 Å². The zero-order chi connectivity index (χ0) is 23.9. The monoisotopic (exact) mass is 463 g/mol. The molecule has 0 unspecified atom stereocenters. The maximum Gasteiger partial charge on any atom is 0.337 e. The number of carbonyl (C=O) groups excluding carboxylic acids is 3. The molecule has 0 atom stereocenters. The fraction of sp³-hybridized carbons (Fsp3) is 0.240. The first-order valence-corrected chi connectivity index (χ1v) is 10.8.